The number of nitrogens with zero attached hydrogens (tertiary/aromatic N) is 1. The molecule has 2 aliphatic heterocycles. The summed E-state index contributed by atoms with van der Waals surface area (Å²) in [4.78, 5) is 44.6. The first-order valence-electron chi connectivity index (χ1n) is 14.1. The number of likely N-dealkylation sites (tertiary alicyclic amines) is 1. The Bertz CT molecular complexity index is 1500. The third-order valence-corrected chi connectivity index (χ3v) is 7.93. The van der Waals surface area contributed by atoms with Crippen LogP contribution < -0.4 is 20.7 Å². The second-order valence-corrected chi connectivity index (χ2v) is 10.7. The van der Waals surface area contributed by atoms with Crippen LogP contribution >= 0.6 is 0 Å². The van der Waals surface area contributed by atoms with Gasteiger partial charge < -0.3 is 30.6 Å². The van der Waals surface area contributed by atoms with Gasteiger partial charge in [0.25, 0.3) is 17.7 Å². The van der Waals surface area contributed by atoms with Gasteiger partial charge in [-0.25, -0.2) is 0 Å². The van der Waals surface area contributed by atoms with Crippen LogP contribution in [0.3, 0.4) is 0 Å². The molecule has 2 aromatic carbocycles. The molecule has 9 heteroatoms. The zero-order chi connectivity index (χ0) is 29.1. The minimum Gasteiger partial charge on any atom is -0.497 e. The van der Waals surface area contributed by atoms with Crippen LogP contribution in [0.5, 0.6) is 5.75 Å². The van der Waals surface area contributed by atoms with E-state index in [1.807, 2.05) is 45.0 Å². The maximum absolute atomic E-state index is 13.0. The second kappa shape index (κ2) is 12.0. The van der Waals surface area contributed by atoms with Crippen molar-refractivity contribution in [2.75, 3.05) is 38.6 Å². The van der Waals surface area contributed by atoms with Crippen molar-refractivity contribution in [1.29, 1.82) is 0 Å². The van der Waals surface area contributed by atoms with Crippen molar-refractivity contribution in [3.8, 4) is 5.75 Å². The predicted molar refractivity (Wildman–Crippen MR) is 160 cm³/mol. The van der Waals surface area contributed by atoms with Crippen LogP contribution in [0.25, 0.3) is 11.6 Å². The Labute approximate surface area is 240 Å². The standard InChI is InChI=1S/C32H37N5O4/c1-19-27(34-21(3)29(19)32(40)33-13-16-37-14-5-6-15-37)18-26-25-12-9-23(17-28(25)36-31(26)39)30(38)35-20(2)22-7-10-24(41-4)11-8-22/h7-12,17-18,20,34H,5-6,13-16H2,1-4H3,(H,33,40)(H,35,38)(H,36,39)/b26-18-/t20-/m1/s1. The summed E-state index contributed by atoms with van der Waals surface area (Å²) in [5, 5.41) is 8.93. The Kier molecular flexibility index (Phi) is 8.26. The molecule has 1 fully saturated rings. The van der Waals surface area contributed by atoms with E-state index in [1.54, 1.807) is 31.4 Å². The summed E-state index contributed by atoms with van der Waals surface area (Å²) < 4.78 is 5.20. The van der Waals surface area contributed by atoms with E-state index in [-0.39, 0.29) is 23.8 Å². The van der Waals surface area contributed by atoms with E-state index in [1.165, 1.54) is 12.8 Å². The molecule has 0 bridgehead atoms. The number of benzene rings is 2. The van der Waals surface area contributed by atoms with Crippen molar-refractivity contribution < 1.29 is 19.1 Å². The zero-order valence-electron chi connectivity index (χ0n) is 24.0. The van der Waals surface area contributed by atoms with Gasteiger partial charge in [-0.2, -0.15) is 0 Å². The third kappa shape index (κ3) is 6.05. The van der Waals surface area contributed by atoms with Gasteiger partial charge in [-0.15, -0.1) is 0 Å². The molecule has 3 aromatic rings. The lowest BCUT2D eigenvalue weighted by Crippen LogP contribution is -2.33. The number of methoxy groups -OCH3 is 1. The van der Waals surface area contributed by atoms with E-state index in [0.717, 1.165) is 42.2 Å². The highest BCUT2D eigenvalue weighted by atomic mass is 16.5. The number of aromatic nitrogens is 1. The molecule has 2 aliphatic rings. The van der Waals surface area contributed by atoms with Crippen molar-refractivity contribution in [2.45, 2.75) is 39.7 Å². The number of nitrogens with one attached hydrogen (secondary N) is 4. The number of anilines is 1. The fourth-order valence-electron chi connectivity index (χ4n) is 5.56. The summed E-state index contributed by atoms with van der Waals surface area (Å²) in [6.45, 7) is 9.30. The molecule has 0 spiro atoms. The molecule has 0 saturated carbocycles. The molecule has 3 heterocycles. The highest BCUT2D eigenvalue weighted by molar-refractivity contribution is 6.35. The molecule has 1 atom stereocenters. The van der Waals surface area contributed by atoms with Crippen LogP contribution in [0.2, 0.25) is 0 Å². The number of amides is 3. The first-order valence-corrected chi connectivity index (χ1v) is 14.1. The average molecular weight is 556 g/mol. The Balaban J connectivity index is 1.29. The number of hydrogen-bond acceptors (Lipinski definition) is 5. The number of fused-ring (bicyclic) bond motifs is 1. The Morgan fingerprint density at radius 2 is 1.80 bits per heavy atom. The van der Waals surface area contributed by atoms with E-state index in [0.29, 0.717) is 40.2 Å². The maximum atomic E-state index is 13.0. The normalized spacial score (nSPS) is 16.4. The maximum Gasteiger partial charge on any atom is 0.256 e. The molecule has 3 amide bonds. The lowest BCUT2D eigenvalue weighted by atomic mass is 10.0. The summed E-state index contributed by atoms with van der Waals surface area (Å²) in [5.74, 6) is 0.143. The van der Waals surface area contributed by atoms with E-state index in [2.05, 4.69) is 25.8 Å². The molecule has 1 saturated heterocycles. The van der Waals surface area contributed by atoms with Crippen LogP contribution in [0, 0.1) is 13.8 Å². The third-order valence-electron chi connectivity index (χ3n) is 7.93. The van der Waals surface area contributed by atoms with E-state index in [9.17, 15) is 14.4 Å². The molecule has 0 unspecified atom stereocenters. The number of carbonyl (C=O) groups excluding carboxylic acids is 3. The summed E-state index contributed by atoms with van der Waals surface area (Å²) in [6, 6.07) is 12.5. The van der Waals surface area contributed by atoms with Crippen LogP contribution in [-0.4, -0.2) is 60.9 Å². The summed E-state index contributed by atoms with van der Waals surface area (Å²) in [6.07, 6.45) is 4.21. The molecule has 4 N–H and O–H groups in total. The van der Waals surface area contributed by atoms with Gasteiger partial charge >= 0.3 is 0 Å². The van der Waals surface area contributed by atoms with Gasteiger partial charge in [-0.3, -0.25) is 14.4 Å². The highest BCUT2D eigenvalue weighted by Crippen LogP contribution is 2.35. The topological polar surface area (TPSA) is 116 Å². The number of carbonyl (C=O) groups is 3. The Morgan fingerprint density at radius 3 is 2.51 bits per heavy atom. The van der Waals surface area contributed by atoms with Crippen molar-refractivity contribution in [1.82, 2.24) is 20.5 Å². The number of aryl methyl sites for hydroxylation is 1. The molecule has 0 radical (unpaired) electrons. The van der Waals surface area contributed by atoms with Crippen molar-refractivity contribution >= 4 is 35.1 Å². The van der Waals surface area contributed by atoms with Crippen LogP contribution in [-0.2, 0) is 4.79 Å². The number of hydrogen-bond donors (Lipinski definition) is 4. The summed E-state index contributed by atoms with van der Waals surface area (Å²) in [7, 11) is 1.61. The number of H-pyrrole nitrogens is 1. The van der Waals surface area contributed by atoms with Gasteiger partial charge in [0.15, 0.2) is 0 Å². The number of rotatable bonds is 9. The average Bonchev–Trinajstić information content (AvgIpc) is 3.66. The summed E-state index contributed by atoms with van der Waals surface area (Å²) >= 11 is 0. The molecule has 9 nitrogen and oxygen atoms in total. The van der Waals surface area contributed by atoms with Crippen LogP contribution in [0.1, 0.15) is 74.6 Å². The predicted octanol–water partition coefficient (Wildman–Crippen LogP) is 4.45. The fourth-order valence-corrected chi connectivity index (χ4v) is 5.56. The zero-order valence-corrected chi connectivity index (χ0v) is 24.0. The smallest absolute Gasteiger partial charge is 0.256 e. The number of aromatic amines is 1. The number of ether oxygens (including phenoxy) is 1. The van der Waals surface area contributed by atoms with E-state index in [4.69, 9.17) is 4.74 Å². The molecule has 41 heavy (non-hydrogen) atoms. The molecule has 0 aliphatic carbocycles. The van der Waals surface area contributed by atoms with Gasteiger partial charge in [0, 0.05) is 41.3 Å². The van der Waals surface area contributed by atoms with Gasteiger partial charge in [-0.05, 0) is 88.2 Å². The molecular weight excluding hydrogens is 518 g/mol. The van der Waals surface area contributed by atoms with Gasteiger partial charge in [0.2, 0.25) is 0 Å². The van der Waals surface area contributed by atoms with Crippen molar-refractivity contribution in [3.63, 3.8) is 0 Å². The fraction of sp³-hybridized carbons (Fsp3) is 0.344. The first kappa shape index (κ1) is 28.2. The molecule has 5 rings (SSSR count). The minimum absolute atomic E-state index is 0.115. The molecule has 1 aromatic heterocycles. The second-order valence-electron chi connectivity index (χ2n) is 10.7. The van der Waals surface area contributed by atoms with Crippen molar-refractivity contribution in [3.05, 3.63) is 81.7 Å². The van der Waals surface area contributed by atoms with Crippen LogP contribution in [0.15, 0.2) is 42.5 Å². The quantitative estimate of drug-likeness (QED) is 0.291. The highest BCUT2D eigenvalue weighted by Gasteiger charge is 2.27. The van der Waals surface area contributed by atoms with Gasteiger partial charge in [0.1, 0.15) is 5.75 Å². The minimum atomic E-state index is -0.257. The Hall–Kier alpha value is -4.37. The Morgan fingerprint density at radius 1 is 1.07 bits per heavy atom. The van der Waals surface area contributed by atoms with Gasteiger partial charge in [0.05, 0.1) is 24.3 Å². The largest absolute Gasteiger partial charge is 0.497 e. The first-order chi connectivity index (χ1) is 19.7. The van der Waals surface area contributed by atoms with E-state index < -0.39 is 0 Å². The molecule has 214 valence electrons. The SMILES string of the molecule is COc1ccc([C@@H](C)NC(=O)c2ccc3c(c2)NC(=O)/C3=C\c2[nH]c(C)c(C(=O)NCCN3CCCC3)c2C)cc1. The van der Waals surface area contributed by atoms with Gasteiger partial charge in [-0.1, -0.05) is 18.2 Å². The lowest BCUT2D eigenvalue weighted by molar-refractivity contribution is -0.110. The lowest BCUT2D eigenvalue weighted by Gasteiger charge is -2.15. The van der Waals surface area contributed by atoms with Crippen molar-refractivity contribution in [2.24, 2.45) is 0 Å². The van der Waals surface area contributed by atoms with Crippen LogP contribution in [0.4, 0.5) is 5.69 Å². The monoisotopic (exact) mass is 555 g/mol. The summed E-state index contributed by atoms with van der Waals surface area (Å²) in [5.41, 5.74) is 6.02. The molecular formula is C32H37N5O4. The van der Waals surface area contributed by atoms with E-state index >= 15 is 0 Å².